The lowest BCUT2D eigenvalue weighted by Gasteiger charge is -2.31. The Morgan fingerprint density at radius 3 is 2.58 bits per heavy atom. The van der Waals surface area contributed by atoms with Crippen LogP contribution in [0.3, 0.4) is 0 Å². The average molecular weight is 641 g/mol. The number of amides is 2. The zero-order valence-corrected chi connectivity index (χ0v) is 25.5. The Balaban J connectivity index is 1.19. The summed E-state index contributed by atoms with van der Waals surface area (Å²) < 4.78 is 57.6. The summed E-state index contributed by atoms with van der Waals surface area (Å²) in [6.07, 6.45) is -1.92. The van der Waals surface area contributed by atoms with Crippen molar-refractivity contribution in [1.29, 1.82) is 0 Å². The maximum absolute atomic E-state index is 15.1. The number of rotatable bonds is 9. The molecule has 1 saturated heterocycles. The number of nitrogens with one attached hydrogen (secondary N) is 1. The zero-order valence-electron chi connectivity index (χ0n) is 24.7. The van der Waals surface area contributed by atoms with Gasteiger partial charge in [0, 0.05) is 23.5 Å². The molecule has 45 heavy (non-hydrogen) atoms. The Morgan fingerprint density at radius 2 is 1.87 bits per heavy atom. The second kappa shape index (κ2) is 14.1. The maximum atomic E-state index is 15.1. The van der Waals surface area contributed by atoms with Gasteiger partial charge in [0.05, 0.1) is 12.2 Å². The van der Waals surface area contributed by atoms with Gasteiger partial charge in [-0.3, -0.25) is 0 Å². The molecule has 1 fully saturated rings. The molecule has 2 heterocycles. The molecule has 1 unspecified atom stereocenters. The van der Waals surface area contributed by atoms with Crippen LogP contribution in [0.4, 0.5) is 28.0 Å². The second-order valence-electron chi connectivity index (χ2n) is 10.5. The third-order valence-corrected chi connectivity index (χ3v) is 8.09. The molecule has 4 aromatic rings. The smallest absolute Gasteiger partial charge is 0.406 e. The molecule has 1 aliphatic heterocycles. The monoisotopic (exact) mass is 640 g/mol. The van der Waals surface area contributed by atoms with Crippen molar-refractivity contribution in [2.75, 3.05) is 23.7 Å². The molecule has 1 atom stereocenters. The van der Waals surface area contributed by atoms with E-state index in [1.54, 1.807) is 24.3 Å². The molecule has 0 radical (unpaired) electrons. The van der Waals surface area contributed by atoms with Gasteiger partial charge in [-0.05, 0) is 66.8 Å². The molecule has 5 rings (SSSR count). The fraction of sp³-hybridized carbons (Fsp3) is 0.312. The lowest BCUT2D eigenvalue weighted by atomic mass is 10.0. The lowest BCUT2D eigenvalue weighted by molar-refractivity contribution is -0.274. The van der Waals surface area contributed by atoms with E-state index in [4.69, 9.17) is 0 Å². The molecule has 1 aromatic heterocycles. The number of carbonyl (C=O) groups is 1. The van der Waals surface area contributed by atoms with Gasteiger partial charge in [0.25, 0.3) is 0 Å². The van der Waals surface area contributed by atoms with E-state index in [0.717, 1.165) is 42.8 Å². The van der Waals surface area contributed by atoms with E-state index in [1.165, 1.54) is 52.6 Å². The number of anilines is 1. The third kappa shape index (κ3) is 8.41. The molecular formula is C32H32F4N6O2S. The number of urea groups is 1. The number of aliphatic imine (C=N–C) groups is 1. The molecule has 13 heteroatoms. The van der Waals surface area contributed by atoms with E-state index in [-0.39, 0.29) is 12.3 Å². The van der Waals surface area contributed by atoms with Gasteiger partial charge in [0.1, 0.15) is 18.2 Å². The highest BCUT2D eigenvalue weighted by atomic mass is 32.2. The number of ether oxygens (including phenoxy) is 1. The first-order valence-electron chi connectivity index (χ1n) is 14.5. The number of hydrogen-bond acceptors (Lipinski definition) is 5. The predicted molar refractivity (Wildman–Crippen MR) is 168 cm³/mol. The number of nitrogens with zero attached hydrogens (tertiary/aromatic N) is 5. The van der Waals surface area contributed by atoms with Crippen LogP contribution in [0.15, 0.2) is 78.0 Å². The number of hydrogen-bond donors (Lipinski definition) is 1. The van der Waals surface area contributed by atoms with Gasteiger partial charge in [-0.15, -0.1) is 18.3 Å². The molecular weight excluding hydrogens is 608 g/mol. The van der Waals surface area contributed by atoms with E-state index in [9.17, 15) is 18.0 Å². The van der Waals surface area contributed by atoms with Crippen LogP contribution in [0.2, 0.25) is 0 Å². The van der Waals surface area contributed by atoms with E-state index < -0.39 is 18.6 Å². The highest BCUT2D eigenvalue weighted by Gasteiger charge is 2.31. The van der Waals surface area contributed by atoms with Gasteiger partial charge in [0.2, 0.25) is 0 Å². The minimum atomic E-state index is -4.77. The van der Waals surface area contributed by atoms with Crippen LogP contribution in [0.5, 0.6) is 5.75 Å². The topological polar surface area (TPSA) is 84.6 Å². The van der Waals surface area contributed by atoms with Crippen LogP contribution in [-0.2, 0) is 6.42 Å². The summed E-state index contributed by atoms with van der Waals surface area (Å²) in [5, 5.41) is 7.57. The van der Waals surface area contributed by atoms with Gasteiger partial charge >= 0.3 is 12.4 Å². The summed E-state index contributed by atoms with van der Waals surface area (Å²) >= 11 is 1.52. The predicted octanol–water partition coefficient (Wildman–Crippen LogP) is 7.81. The van der Waals surface area contributed by atoms with Gasteiger partial charge in [-0.2, -0.15) is 4.99 Å². The standard InChI is InChI=1S/C32H32F4N6O2S/c1-3-5-23-7-6-21(2)18-28(23)41-16-4-17-45-31(41)39-30(43)37-19-27(33)22-8-10-24(11-9-22)29-38-20-42(40-29)25-12-14-26(15-13-25)44-32(34,35)36/h6-15,18,20,27H,3-5,16-17,19H2,1-2H3,(H,37,43). The van der Waals surface area contributed by atoms with Crippen LogP contribution in [0.1, 0.15) is 42.6 Å². The summed E-state index contributed by atoms with van der Waals surface area (Å²) in [5.41, 5.74) is 4.87. The summed E-state index contributed by atoms with van der Waals surface area (Å²) in [6.45, 7) is 4.69. The van der Waals surface area contributed by atoms with Crippen molar-refractivity contribution in [3.8, 4) is 22.8 Å². The number of halogens is 4. The van der Waals surface area contributed by atoms with Crippen molar-refractivity contribution >= 4 is 28.6 Å². The second-order valence-corrected chi connectivity index (χ2v) is 11.5. The fourth-order valence-corrected chi connectivity index (χ4v) is 5.81. The van der Waals surface area contributed by atoms with Crippen LogP contribution in [0.25, 0.3) is 17.1 Å². The van der Waals surface area contributed by atoms with E-state index in [0.29, 0.717) is 27.8 Å². The van der Waals surface area contributed by atoms with Crippen molar-refractivity contribution in [1.82, 2.24) is 20.1 Å². The van der Waals surface area contributed by atoms with Crippen molar-refractivity contribution in [3.05, 3.63) is 89.7 Å². The Hall–Kier alpha value is -4.39. The Bertz CT molecular complexity index is 1640. The fourth-order valence-electron chi connectivity index (χ4n) is 4.86. The molecule has 0 spiro atoms. The summed E-state index contributed by atoms with van der Waals surface area (Å²) in [7, 11) is 0. The Kier molecular flexibility index (Phi) is 10.1. The number of alkyl halides is 4. The van der Waals surface area contributed by atoms with Crippen LogP contribution in [-0.4, -0.2) is 51.2 Å². The highest BCUT2D eigenvalue weighted by molar-refractivity contribution is 8.14. The number of aryl methyl sites for hydroxylation is 2. The van der Waals surface area contributed by atoms with Crippen LogP contribution < -0.4 is 15.0 Å². The summed E-state index contributed by atoms with van der Waals surface area (Å²) in [4.78, 5) is 23.4. The SMILES string of the molecule is CCCc1ccc(C)cc1N1CCCSC1=NC(=O)NCC(F)c1ccc(-c2ncn(-c3ccc(OC(F)(F)F)cc3)n2)cc1. The molecule has 3 aromatic carbocycles. The molecule has 236 valence electrons. The van der Waals surface area contributed by atoms with Crippen molar-refractivity contribution in [2.45, 2.75) is 45.6 Å². The summed E-state index contributed by atoms with van der Waals surface area (Å²) in [5.74, 6) is 0.859. The third-order valence-electron chi connectivity index (χ3n) is 7.03. The van der Waals surface area contributed by atoms with Gasteiger partial charge in [-0.25, -0.2) is 18.9 Å². The number of thioether (sulfide) groups is 1. The van der Waals surface area contributed by atoms with Crippen LogP contribution >= 0.6 is 11.8 Å². The number of amidine groups is 1. The largest absolute Gasteiger partial charge is 0.573 e. The molecule has 0 aliphatic carbocycles. The van der Waals surface area contributed by atoms with Gasteiger partial charge < -0.3 is 15.0 Å². The zero-order chi connectivity index (χ0) is 32.0. The van der Waals surface area contributed by atoms with Crippen molar-refractivity contribution in [3.63, 3.8) is 0 Å². The molecule has 8 nitrogen and oxygen atoms in total. The minimum Gasteiger partial charge on any atom is -0.406 e. The van der Waals surface area contributed by atoms with E-state index in [2.05, 4.69) is 55.2 Å². The van der Waals surface area contributed by atoms with Crippen molar-refractivity contribution < 1.29 is 27.1 Å². The normalized spacial score (nSPS) is 15.2. The van der Waals surface area contributed by atoms with Gasteiger partial charge in [0.15, 0.2) is 11.0 Å². The number of carbonyl (C=O) groups excluding carboxylic acids is 1. The Morgan fingerprint density at radius 1 is 1.11 bits per heavy atom. The first-order valence-corrected chi connectivity index (χ1v) is 15.5. The first kappa shape index (κ1) is 32.0. The molecule has 1 N–H and O–H groups in total. The lowest BCUT2D eigenvalue weighted by Crippen LogP contribution is -2.36. The molecule has 1 aliphatic rings. The first-order chi connectivity index (χ1) is 21.6. The molecule has 0 bridgehead atoms. The van der Waals surface area contributed by atoms with E-state index >= 15 is 4.39 Å². The van der Waals surface area contributed by atoms with Gasteiger partial charge in [-0.1, -0.05) is 61.5 Å². The molecule has 2 amide bonds. The van der Waals surface area contributed by atoms with Crippen LogP contribution in [0, 0.1) is 6.92 Å². The number of benzene rings is 3. The highest BCUT2D eigenvalue weighted by Crippen LogP contribution is 2.30. The summed E-state index contributed by atoms with van der Waals surface area (Å²) in [6, 6.07) is 17.5. The Labute approximate surface area is 262 Å². The van der Waals surface area contributed by atoms with E-state index in [1.807, 2.05) is 6.92 Å². The number of aromatic nitrogens is 3. The average Bonchev–Trinajstić information content (AvgIpc) is 3.51. The quantitative estimate of drug-likeness (QED) is 0.188. The molecule has 0 saturated carbocycles. The maximum Gasteiger partial charge on any atom is 0.573 e. The minimum absolute atomic E-state index is 0.244. The van der Waals surface area contributed by atoms with Crippen molar-refractivity contribution in [2.24, 2.45) is 4.99 Å².